The summed E-state index contributed by atoms with van der Waals surface area (Å²) in [6, 6.07) is 13.9. The van der Waals surface area contributed by atoms with Gasteiger partial charge in [-0.2, -0.15) is 5.10 Å². The number of nitro groups is 1. The first-order valence-electron chi connectivity index (χ1n) is 8.61. The Bertz CT molecular complexity index is 777. The number of nitro benzene ring substituents is 1. The molecule has 0 atom stereocenters. The van der Waals surface area contributed by atoms with Crippen molar-refractivity contribution in [3.8, 4) is 5.75 Å². The number of hydrazone groups is 1. The Kier molecular flexibility index (Phi) is 8.18. The maximum Gasteiger partial charge on any atom is 0.269 e. The molecule has 0 spiro atoms. The minimum Gasteiger partial charge on any atom is -0.494 e. The van der Waals surface area contributed by atoms with E-state index in [4.69, 9.17) is 17.0 Å². The van der Waals surface area contributed by atoms with Crippen LogP contribution in [0.5, 0.6) is 5.75 Å². The Morgan fingerprint density at radius 1 is 1.22 bits per heavy atom. The van der Waals surface area contributed by atoms with Gasteiger partial charge in [0.25, 0.3) is 5.69 Å². The zero-order valence-corrected chi connectivity index (χ0v) is 15.9. The third-order valence-electron chi connectivity index (χ3n) is 3.63. The summed E-state index contributed by atoms with van der Waals surface area (Å²) in [5.74, 6) is 0.862. The van der Waals surface area contributed by atoms with Gasteiger partial charge in [-0.05, 0) is 54.0 Å². The van der Waals surface area contributed by atoms with Crippen molar-refractivity contribution in [1.82, 2.24) is 10.7 Å². The summed E-state index contributed by atoms with van der Waals surface area (Å²) in [5, 5.41) is 18.1. The topological polar surface area (TPSA) is 88.8 Å². The van der Waals surface area contributed by atoms with Gasteiger partial charge in [-0.3, -0.25) is 15.5 Å². The van der Waals surface area contributed by atoms with Gasteiger partial charge in [0.05, 0.1) is 17.7 Å². The average molecular weight is 386 g/mol. The molecule has 0 heterocycles. The number of ether oxygens (including phenoxy) is 1. The zero-order valence-electron chi connectivity index (χ0n) is 15.1. The molecule has 27 heavy (non-hydrogen) atoms. The molecule has 0 aromatic heterocycles. The first-order chi connectivity index (χ1) is 13.1. The summed E-state index contributed by atoms with van der Waals surface area (Å²) < 4.78 is 5.63. The molecule has 2 rings (SSSR count). The van der Waals surface area contributed by atoms with Gasteiger partial charge in [-0.25, -0.2) is 0 Å². The number of non-ortho nitro benzene ring substituents is 1. The Labute approximate surface area is 163 Å². The summed E-state index contributed by atoms with van der Waals surface area (Å²) >= 11 is 5.17. The van der Waals surface area contributed by atoms with E-state index < -0.39 is 4.92 Å². The molecule has 0 saturated carbocycles. The summed E-state index contributed by atoms with van der Waals surface area (Å²) in [6.45, 7) is 3.42. The van der Waals surface area contributed by atoms with E-state index in [0.717, 1.165) is 36.3 Å². The average Bonchev–Trinajstić information content (AvgIpc) is 2.68. The minimum absolute atomic E-state index is 0.0408. The lowest BCUT2D eigenvalue weighted by atomic mass is 10.2. The molecule has 0 unspecified atom stereocenters. The van der Waals surface area contributed by atoms with Crippen LogP contribution in [0.25, 0.3) is 0 Å². The van der Waals surface area contributed by atoms with Crippen molar-refractivity contribution in [2.75, 3.05) is 6.61 Å². The first-order valence-corrected chi connectivity index (χ1v) is 9.02. The van der Waals surface area contributed by atoms with E-state index >= 15 is 0 Å². The number of thiocarbonyl (C=S) groups is 1. The van der Waals surface area contributed by atoms with Crippen LogP contribution in [0, 0.1) is 10.1 Å². The molecule has 0 aliphatic carbocycles. The van der Waals surface area contributed by atoms with Crippen molar-refractivity contribution in [3.05, 3.63) is 69.8 Å². The quantitative estimate of drug-likeness (QED) is 0.224. The van der Waals surface area contributed by atoms with Crippen LogP contribution in [0.2, 0.25) is 0 Å². The highest BCUT2D eigenvalue weighted by atomic mass is 32.1. The van der Waals surface area contributed by atoms with Crippen LogP contribution in [-0.4, -0.2) is 22.9 Å². The molecule has 7 nitrogen and oxygen atoms in total. The number of benzene rings is 2. The third kappa shape index (κ3) is 7.41. The first kappa shape index (κ1) is 20.3. The summed E-state index contributed by atoms with van der Waals surface area (Å²) in [4.78, 5) is 10.2. The fraction of sp³-hybridized carbons (Fsp3) is 0.263. The molecule has 2 aromatic carbocycles. The summed E-state index contributed by atoms with van der Waals surface area (Å²) in [5.41, 5.74) is 4.56. The van der Waals surface area contributed by atoms with Crippen molar-refractivity contribution in [2.45, 2.75) is 26.3 Å². The van der Waals surface area contributed by atoms with Crippen LogP contribution in [-0.2, 0) is 6.54 Å². The highest BCUT2D eigenvalue weighted by Gasteiger charge is 2.02. The van der Waals surface area contributed by atoms with Gasteiger partial charge in [-0.15, -0.1) is 0 Å². The maximum absolute atomic E-state index is 10.6. The predicted molar refractivity (Wildman–Crippen MR) is 110 cm³/mol. The standard InChI is InChI=1S/C19H22N4O3S/c1-2-3-12-26-18-10-6-15(7-11-18)13-20-19(27)22-21-14-16-4-8-17(9-5-16)23(24)25/h4-11,14H,2-3,12-13H2,1H3,(H2,20,22,27). The van der Waals surface area contributed by atoms with E-state index in [2.05, 4.69) is 22.8 Å². The van der Waals surface area contributed by atoms with E-state index in [1.165, 1.54) is 12.1 Å². The summed E-state index contributed by atoms with van der Waals surface area (Å²) in [6.07, 6.45) is 3.70. The van der Waals surface area contributed by atoms with Crippen molar-refractivity contribution < 1.29 is 9.66 Å². The molecule has 0 amide bonds. The van der Waals surface area contributed by atoms with E-state index in [0.29, 0.717) is 11.7 Å². The predicted octanol–water partition coefficient (Wildman–Crippen LogP) is 3.77. The fourth-order valence-electron chi connectivity index (χ4n) is 2.11. The van der Waals surface area contributed by atoms with Gasteiger partial charge in [0, 0.05) is 18.7 Å². The SMILES string of the molecule is CCCCOc1ccc(CNC(=S)NN=Cc2ccc([N+](=O)[O-])cc2)cc1. The largest absolute Gasteiger partial charge is 0.494 e. The van der Waals surface area contributed by atoms with E-state index in [-0.39, 0.29) is 5.69 Å². The molecule has 142 valence electrons. The van der Waals surface area contributed by atoms with Crippen LogP contribution in [0.15, 0.2) is 53.6 Å². The number of rotatable bonds is 9. The Morgan fingerprint density at radius 3 is 2.56 bits per heavy atom. The molecule has 0 fully saturated rings. The molecule has 0 bridgehead atoms. The molecule has 2 aromatic rings. The number of nitrogens with zero attached hydrogens (tertiary/aromatic N) is 2. The molecular formula is C19H22N4O3S. The summed E-state index contributed by atoms with van der Waals surface area (Å²) in [7, 11) is 0. The smallest absolute Gasteiger partial charge is 0.269 e. The molecule has 0 saturated heterocycles. The van der Waals surface area contributed by atoms with Crippen LogP contribution >= 0.6 is 12.2 Å². The van der Waals surface area contributed by atoms with E-state index in [9.17, 15) is 10.1 Å². The number of unbranched alkanes of at least 4 members (excludes halogenated alkanes) is 1. The lowest BCUT2D eigenvalue weighted by Gasteiger charge is -2.09. The molecule has 8 heteroatoms. The Morgan fingerprint density at radius 2 is 1.93 bits per heavy atom. The van der Waals surface area contributed by atoms with Gasteiger partial charge in [-0.1, -0.05) is 25.5 Å². The van der Waals surface area contributed by atoms with Crippen molar-refractivity contribution in [3.63, 3.8) is 0 Å². The van der Waals surface area contributed by atoms with Gasteiger partial charge in [0.1, 0.15) is 5.75 Å². The highest BCUT2D eigenvalue weighted by Crippen LogP contribution is 2.13. The second-order valence-corrected chi connectivity index (χ2v) is 6.16. The van der Waals surface area contributed by atoms with Crippen LogP contribution in [0.1, 0.15) is 30.9 Å². The van der Waals surface area contributed by atoms with Crippen LogP contribution < -0.4 is 15.5 Å². The normalized spacial score (nSPS) is 10.6. The van der Waals surface area contributed by atoms with Crippen LogP contribution in [0.3, 0.4) is 0 Å². The van der Waals surface area contributed by atoms with Crippen molar-refractivity contribution >= 4 is 29.2 Å². The lowest BCUT2D eigenvalue weighted by molar-refractivity contribution is -0.384. The molecular weight excluding hydrogens is 364 g/mol. The van der Waals surface area contributed by atoms with Gasteiger partial charge >= 0.3 is 0 Å². The lowest BCUT2D eigenvalue weighted by Crippen LogP contribution is -2.31. The van der Waals surface area contributed by atoms with Crippen molar-refractivity contribution in [1.29, 1.82) is 0 Å². The Balaban J connectivity index is 1.73. The second-order valence-electron chi connectivity index (χ2n) is 5.75. The van der Waals surface area contributed by atoms with Gasteiger partial charge < -0.3 is 10.1 Å². The molecule has 0 aliphatic heterocycles. The highest BCUT2D eigenvalue weighted by molar-refractivity contribution is 7.80. The van der Waals surface area contributed by atoms with Crippen molar-refractivity contribution in [2.24, 2.45) is 5.10 Å². The molecule has 0 radical (unpaired) electrons. The van der Waals surface area contributed by atoms with Crippen LogP contribution in [0.4, 0.5) is 5.69 Å². The maximum atomic E-state index is 10.6. The van der Waals surface area contributed by atoms with Gasteiger partial charge in [0.15, 0.2) is 5.11 Å². The minimum atomic E-state index is -0.442. The van der Waals surface area contributed by atoms with E-state index in [1.54, 1.807) is 18.3 Å². The molecule has 2 N–H and O–H groups in total. The second kappa shape index (κ2) is 10.9. The number of nitrogens with one attached hydrogen (secondary N) is 2. The third-order valence-corrected chi connectivity index (χ3v) is 3.86. The van der Waals surface area contributed by atoms with E-state index in [1.807, 2.05) is 24.3 Å². The monoisotopic (exact) mass is 386 g/mol. The zero-order chi connectivity index (χ0) is 19.5. The fourth-order valence-corrected chi connectivity index (χ4v) is 2.23. The van der Waals surface area contributed by atoms with Gasteiger partial charge in [0.2, 0.25) is 0 Å². The molecule has 0 aliphatic rings. The Hall–Kier alpha value is -3.00. The number of hydrogen-bond acceptors (Lipinski definition) is 5. The number of hydrogen-bond donors (Lipinski definition) is 2.